The minimum absolute atomic E-state index is 0.0504. The minimum atomic E-state index is -0.822. The molecular weight excluding hydrogens is 466 g/mol. The van der Waals surface area contributed by atoms with Gasteiger partial charge in [0, 0.05) is 25.8 Å². The molecule has 0 aliphatic carbocycles. The van der Waals surface area contributed by atoms with Gasteiger partial charge in [-0.05, 0) is 49.9 Å². The molecule has 192 valence electrons. The van der Waals surface area contributed by atoms with E-state index < -0.39 is 11.6 Å². The molecule has 0 bridgehead atoms. The van der Waals surface area contributed by atoms with Crippen LogP contribution in [-0.2, 0) is 17.7 Å². The lowest BCUT2D eigenvalue weighted by Crippen LogP contribution is -2.43. The number of carbonyl (C=O) groups is 1. The van der Waals surface area contributed by atoms with Crippen molar-refractivity contribution in [3.8, 4) is 17.3 Å². The molecule has 0 radical (unpaired) electrons. The summed E-state index contributed by atoms with van der Waals surface area (Å²) in [7, 11) is 0. The van der Waals surface area contributed by atoms with Crippen LogP contribution < -0.4 is 10.1 Å². The van der Waals surface area contributed by atoms with Crippen LogP contribution in [0, 0.1) is 11.6 Å². The van der Waals surface area contributed by atoms with Crippen molar-refractivity contribution in [3.05, 3.63) is 71.4 Å². The number of nitrogens with one attached hydrogen (secondary N) is 1. The van der Waals surface area contributed by atoms with E-state index in [1.54, 1.807) is 9.58 Å². The summed E-state index contributed by atoms with van der Waals surface area (Å²) in [5.74, 6) is -1.36. The first-order chi connectivity index (χ1) is 17.5. The molecule has 2 aromatic carbocycles. The van der Waals surface area contributed by atoms with Crippen LogP contribution in [-0.4, -0.2) is 46.5 Å². The van der Waals surface area contributed by atoms with E-state index in [1.165, 1.54) is 6.07 Å². The fraction of sp³-hybridized carbons (Fsp3) is 0.407. The Bertz CT molecular complexity index is 1160. The van der Waals surface area contributed by atoms with Crippen LogP contribution >= 0.6 is 0 Å². The lowest BCUT2D eigenvalue weighted by atomic mass is 10.1. The molecule has 0 saturated carbocycles. The van der Waals surface area contributed by atoms with Gasteiger partial charge in [0.25, 0.3) is 0 Å². The number of ether oxygens (including phenoxy) is 2. The first kappa shape index (κ1) is 25.6. The lowest BCUT2D eigenvalue weighted by Gasteiger charge is -2.26. The molecule has 1 aliphatic heterocycles. The summed E-state index contributed by atoms with van der Waals surface area (Å²) in [5.41, 5.74) is 2.10. The van der Waals surface area contributed by atoms with Gasteiger partial charge in [0.1, 0.15) is 5.82 Å². The number of para-hydroxylation sites is 1. The normalized spacial score (nSPS) is 15.2. The molecule has 1 fully saturated rings. The van der Waals surface area contributed by atoms with Crippen molar-refractivity contribution in [1.82, 2.24) is 20.0 Å². The summed E-state index contributed by atoms with van der Waals surface area (Å²) in [4.78, 5) is 14.8. The highest BCUT2D eigenvalue weighted by molar-refractivity contribution is 5.74. The van der Waals surface area contributed by atoms with E-state index in [2.05, 4.69) is 5.32 Å². The maximum absolute atomic E-state index is 14.6. The quantitative estimate of drug-likeness (QED) is 0.395. The summed E-state index contributed by atoms with van der Waals surface area (Å²) in [6.45, 7) is 5.80. The average Bonchev–Trinajstić information content (AvgIpc) is 3.52. The van der Waals surface area contributed by atoms with Crippen molar-refractivity contribution >= 4 is 6.03 Å². The Balaban J connectivity index is 1.76. The Hall–Kier alpha value is -3.46. The van der Waals surface area contributed by atoms with Crippen LogP contribution in [0.4, 0.5) is 13.6 Å². The van der Waals surface area contributed by atoms with Gasteiger partial charge in [-0.3, -0.25) is 0 Å². The Morgan fingerprint density at radius 2 is 2.03 bits per heavy atom. The van der Waals surface area contributed by atoms with Crippen molar-refractivity contribution in [2.24, 2.45) is 0 Å². The largest absolute Gasteiger partial charge is 0.435 e. The molecule has 3 aromatic rings. The summed E-state index contributed by atoms with van der Waals surface area (Å²) in [5, 5.41) is 7.70. The van der Waals surface area contributed by atoms with Gasteiger partial charge in [-0.2, -0.15) is 5.10 Å². The number of hydrogen-bond donors (Lipinski definition) is 1. The molecule has 0 spiro atoms. The number of benzene rings is 2. The fourth-order valence-electron chi connectivity index (χ4n) is 4.22. The first-order valence-corrected chi connectivity index (χ1v) is 12.4. The number of halogens is 2. The van der Waals surface area contributed by atoms with Crippen LogP contribution in [0.3, 0.4) is 0 Å². The molecule has 7 nitrogen and oxygen atoms in total. The number of aryl methyl sites for hydroxylation is 1. The van der Waals surface area contributed by atoms with Crippen molar-refractivity contribution in [2.45, 2.75) is 52.2 Å². The van der Waals surface area contributed by atoms with Gasteiger partial charge in [0.15, 0.2) is 11.6 Å². The highest BCUT2D eigenvalue weighted by Crippen LogP contribution is 2.34. The Labute approximate surface area is 210 Å². The van der Waals surface area contributed by atoms with Gasteiger partial charge in [0.05, 0.1) is 29.6 Å². The van der Waals surface area contributed by atoms with Gasteiger partial charge in [-0.1, -0.05) is 32.0 Å². The number of nitrogens with zero attached hydrogens (tertiary/aromatic N) is 3. The maximum Gasteiger partial charge on any atom is 0.317 e. The van der Waals surface area contributed by atoms with Gasteiger partial charge >= 0.3 is 6.03 Å². The number of hydrogen-bond acceptors (Lipinski definition) is 4. The van der Waals surface area contributed by atoms with E-state index in [0.717, 1.165) is 42.8 Å². The third-order valence-electron chi connectivity index (χ3n) is 6.07. The number of amides is 2. The summed E-state index contributed by atoms with van der Waals surface area (Å²) < 4.78 is 41.6. The second-order valence-corrected chi connectivity index (χ2v) is 8.76. The van der Waals surface area contributed by atoms with Crippen LogP contribution in [0.2, 0.25) is 0 Å². The van der Waals surface area contributed by atoms with E-state index in [0.29, 0.717) is 31.7 Å². The molecule has 0 unspecified atom stereocenters. The zero-order valence-electron chi connectivity index (χ0n) is 20.7. The van der Waals surface area contributed by atoms with Gasteiger partial charge in [-0.15, -0.1) is 0 Å². The minimum Gasteiger partial charge on any atom is -0.435 e. The van der Waals surface area contributed by atoms with Crippen molar-refractivity contribution in [3.63, 3.8) is 0 Å². The highest BCUT2D eigenvalue weighted by Gasteiger charge is 2.28. The summed E-state index contributed by atoms with van der Waals surface area (Å²) >= 11 is 0. The monoisotopic (exact) mass is 498 g/mol. The third kappa shape index (κ3) is 6.02. The van der Waals surface area contributed by atoms with E-state index in [-0.39, 0.29) is 30.3 Å². The predicted molar refractivity (Wildman–Crippen MR) is 132 cm³/mol. The summed E-state index contributed by atoms with van der Waals surface area (Å²) in [6, 6.07) is 12.3. The zero-order chi connectivity index (χ0) is 25.5. The van der Waals surface area contributed by atoms with Crippen LogP contribution in [0.25, 0.3) is 5.69 Å². The van der Waals surface area contributed by atoms with Gasteiger partial charge in [0.2, 0.25) is 5.88 Å². The molecule has 9 heteroatoms. The van der Waals surface area contributed by atoms with E-state index in [9.17, 15) is 13.6 Å². The topological polar surface area (TPSA) is 68.6 Å². The molecule has 1 aliphatic rings. The number of carbonyl (C=O) groups excluding carboxylic acids is 1. The number of aromatic nitrogens is 2. The van der Waals surface area contributed by atoms with E-state index in [4.69, 9.17) is 14.6 Å². The first-order valence-electron chi connectivity index (χ1n) is 12.4. The third-order valence-corrected chi connectivity index (χ3v) is 6.07. The van der Waals surface area contributed by atoms with Crippen molar-refractivity contribution in [2.75, 3.05) is 19.7 Å². The van der Waals surface area contributed by atoms with Crippen LogP contribution in [0.1, 0.15) is 44.4 Å². The summed E-state index contributed by atoms with van der Waals surface area (Å²) in [6.07, 6.45) is 3.17. The molecular formula is C27H32F2N4O3. The SMILES string of the molecule is CCCNC(=O)N(Cc1c(CC)nn(-c2ccccc2)c1Oc1ccc(F)cc1F)C[C@H]1CCCO1. The predicted octanol–water partition coefficient (Wildman–Crippen LogP) is 5.61. The second kappa shape index (κ2) is 12.0. The zero-order valence-corrected chi connectivity index (χ0v) is 20.7. The Morgan fingerprint density at radius 3 is 2.69 bits per heavy atom. The fourth-order valence-corrected chi connectivity index (χ4v) is 4.22. The molecule has 4 rings (SSSR count). The highest BCUT2D eigenvalue weighted by atomic mass is 19.1. The molecule has 2 heterocycles. The van der Waals surface area contributed by atoms with Crippen LogP contribution in [0.15, 0.2) is 48.5 Å². The standard InChI is InChI=1S/C27H32F2N4O3/c1-3-14-30-27(34)32(17-21-11-8-15-35-21)18-22-24(4-2)31-33(20-9-6-5-7-10-20)26(22)36-25-13-12-19(28)16-23(25)29/h5-7,9-10,12-13,16,21H,3-4,8,11,14-15,17-18H2,1-2H3,(H,30,34)/t21-/m1/s1. The average molecular weight is 499 g/mol. The molecule has 1 aromatic heterocycles. The van der Waals surface area contributed by atoms with Crippen molar-refractivity contribution < 1.29 is 23.0 Å². The molecule has 1 atom stereocenters. The van der Waals surface area contributed by atoms with Crippen LogP contribution in [0.5, 0.6) is 11.6 Å². The Kier molecular flexibility index (Phi) is 8.53. The second-order valence-electron chi connectivity index (χ2n) is 8.76. The molecule has 36 heavy (non-hydrogen) atoms. The van der Waals surface area contributed by atoms with Gasteiger partial charge in [-0.25, -0.2) is 18.3 Å². The smallest absolute Gasteiger partial charge is 0.317 e. The molecule has 1 saturated heterocycles. The number of rotatable bonds is 10. The van der Waals surface area contributed by atoms with Gasteiger partial charge < -0.3 is 19.7 Å². The maximum atomic E-state index is 14.6. The van der Waals surface area contributed by atoms with E-state index in [1.807, 2.05) is 44.2 Å². The Morgan fingerprint density at radius 1 is 1.22 bits per heavy atom. The van der Waals surface area contributed by atoms with Crippen molar-refractivity contribution in [1.29, 1.82) is 0 Å². The molecule has 1 N–H and O–H groups in total. The lowest BCUT2D eigenvalue weighted by molar-refractivity contribution is 0.0792. The molecule has 2 amide bonds. The number of urea groups is 1. The van der Waals surface area contributed by atoms with E-state index >= 15 is 0 Å².